The summed E-state index contributed by atoms with van der Waals surface area (Å²) in [7, 11) is -2.71. The van der Waals surface area contributed by atoms with Crippen LogP contribution in [0.15, 0.2) is 60.3 Å². The minimum atomic E-state index is -3.98. The zero-order valence-electron chi connectivity index (χ0n) is 18.3. The number of esters is 2. The maximum absolute atomic E-state index is 13.0. The molecule has 8 nitrogen and oxygen atoms in total. The Labute approximate surface area is 198 Å². The highest BCUT2D eigenvalue weighted by molar-refractivity contribution is 7.87. The predicted molar refractivity (Wildman–Crippen MR) is 123 cm³/mol. The Bertz CT molecular complexity index is 1150. The molecule has 1 unspecified atom stereocenters. The number of ether oxygens (including phenoxy) is 2. The van der Waals surface area contributed by atoms with Crippen molar-refractivity contribution < 1.29 is 27.5 Å². The second kappa shape index (κ2) is 10.8. The molecule has 0 aromatic heterocycles. The van der Waals surface area contributed by atoms with Gasteiger partial charge in [0.2, 0.25) is 0 Å². The summed E-state index contributed by atoms with van der Waals surface area (Å²) in [6.07, 6.45) is 1.52. The highest BCUT2D eigenvalue weighted by Crippen LogP contribution is 2.32. The van der Waals surface area contributed by atoms with Gasteiger partial charge in [-0.3, -0.25) is 9.10 Å². The fraction of sp³-hybridized carbons (Fsp3) is 0.304. The van der Waals surface area contributed by atoms with Crippen LogP contribution in [0, 0.1) is 6.92 Å². The van der Waals surface area contributed by atoms with E-state index in [-0.39, 0.29) is 31.6 Å². The first-order valence-corrected chi connectivity index (χ1v) is 12.1. The van der Waals surface area contributed by atoms with Crippen molar-refractivity contribution in [2.45, 2.75) is 32.4 Å². The van der Waals surface area contributed by atoms with E-state index in [2.05, 4.69) is 9.46 Å². The van der Waals surface area contributed by atoms with Crippen LogP contribution in [0.25, 0.3) is 0 Å². The standard InChI is InChI=1S/C23H25ClN2O6S/c1-16-10-11-18(13-20(16)24)22-19(23(28)32-15-17-7-4-3-5-8-17)14-26(33(29,30)25-22)12-6-9-21(27)31-2/h3-5,7-8,10-11,13-14,22,25H,6,9,12,15H2,1-2H3. The van der Waals surface area contributed by atoms with Gasteiger partial charge in [-0.25, -0.2) is 4.79 Å². The van der Waals surface area contributed by atoms with Gasteiger partial charge in [0.1, 0.15) is 6.61 Å². The minimum Gasteiger partial charge on any atom is -0.469 e. The van der Waals surface area contributed by atoms with Gasteiger partial charge in [-0.15, -0.1) is 0 Å². The molecule has 0 spiro atoms. The topological polar surface area (TPSA) is 102 Å². The van der Waals surface area contributed by atoms with E-state index in [0.29, 0.717) is 10.6 Å². The molecule has 1 aliphatic rings. The molecule has 0 fully saturated rings. The molecule has 2 aromatic rings. The molecule has 176 valence electrons. The largest absolute Gasteiger partial charge is 0.469 e. The zero-order valence-corrected chi connectivity index (χ0v) is 19.9. The number of carbonyl (C=O) groups is 2. The van der Waals surface area contributed by atoms with Gasteiger partial charge in [-0.2, -0.15) is 13.1 Å². The lowest BCUT2D eigenvalue weighted by Crippen LogP contribution is -2.46. The van der Waals surface area contributed by atoms with Gasteiger partial charge in [0, 0.05) is 24.2 Å². The molecule has 0 saturated heterocycles. The van der Waals surface area contributed by atoms with Gasteiger partial charge in [0.15, 0.2) is 0 Å². The predicted octanol–water partition coefficient (Wildman–Crippen LogP) is 3.42. The van der Waals surface area contributed by atoms with E-state index in [9.17, 15) is 18.0 Å². The maximum atomic E-state index is 13.0. The lowest BCUT2D eigenvalue weighted by Gasteiger charge is -2.32. The Morgan fingerprint density at radius 3 is 2.55 bits per heavy atom. The van der Waals surface area contributed by atoms with E-state index in [1.54, 1.807) is 18.2 Å². The Balaban J connectivity index is 1.90. The number of hydrogen-bond donors (Lipinski definition) is 1. The Hall–Kier alpha value is -2.88. The lowest BCUT2D eigenvalue weighted by atomic mass is 9.99. The van der Waals surface area contributed by atoms with Crippen molar-refractivity contribution >= 4 is 33.7 Å². The SMILES string of the molecule is COC(=O)CCCN1C=C(C(=O)OCc2ccccc2)C(c2ccc(C)c(Cl)c2)NS1(=O)=O. The van der Waals surface area contributed by atoms with E-state index >= 15 is 0 Å². The second-order valence-corrected chi connectivity index (χ2v) is 9.56. The van der Waals surface area contributed by atoms with Crippen LogP contribution in [-0.2, 0) is 35.9 Å². The van der Waals surface area contributed by atoms with Gasteiger partial charge >= 0.3 is 22.1 Å². The Kier molecular flexibility index (Phi) is 8.12. The normalized spacial score (nSPS) is 17.2. The fourth-order valence-electron chi connectivity index (χ4n) is 3.26. The van der Waals surface area contributed by atoms with E-state index in [1.165, 1.54) is 13.3 Å². The number of carbonyl (C=O) groups excluding carboxylic acids is 2. The molecule has 33 heavy (non-hydrogen) atoms. The van der Waals surface area contributed by atoms with Crippen LogP contribution >= 0.6 is 11.6 Å². The molecule has 1 aliphatic heterocycles. The van der Waals surface area contributed by atoms with E-state index in [4.69, 9.17) is 16.3 Å². The van der Waals surface area contributed by atoms with Gasteiger partial charge in [-0.05, 0) is 36.1 Å². The van der Waals surface area contributed by atoms with Crippen molar-refractivity contribution in [3.05, 3.63) is 82.0 Å². The molecule has 1 N–H and O–H groups in total. The Morgan fingerprint density at radius 2 is 1.88 bits per heavy atom. The first-order valence-electron chi connectivity index (χ1n) is 10.3. The van der Waals surface area contributed by atoms with Crippen LogP contribution in [0.3, 0.4) is 0 Å². The van der Waals surface area contributed by atoms with Crippen LogP contribution in [0.5, 0.6) is 0 Å². The summed E-state index contributed by atoms with van der Waals surface area (Å²) in [6, 6.07) is 13.3. The average Bonchev–Trinajstić information content (AvgIpc) is 2.80. The third kappa shape index (κ3) is 6.34. The van der Waals surface area contributed by atoms with Gasteiger partial charge in [-0.1, -0.05) is 54.1 Å². The molecule has 3 rings (SSSR count). The van der Waals surface area contributed by atoms with Crippen molar-refractivity contribution in [2.24, 2.45) is 0 Å². The highest BCUT2D eigenvalue weighted by Gasteiger charge is 2.36. The molecular weight excluding hydrogens is 468 g/mol. The number of methoxy groups -OCH3 is 1. The van der Waals surface area contributed by atoms with Gasteiger partial charge in [0.05, 0.1) is 18.7 Å². The second-order valence-electron chi connectivity index (χ2n) is 7.50. The Morgan fingerprint density at radius 1 is 1.15 bits per heavy atom. The molecule has 2 aromatic carbocycles. The molecule has 0 radical (unpaired) electrons. The van der Waals surface area contributed by atoms with Crippen LogP contribution in [-0.4, -0.2) is 38.3 Å². The summed E-state index contributed by atoms with van der Waals surface area (Å²) in [6.45, 7) is 1.85. The number of nitrogens with one attached hydrogen (secondary N) is 1. The zero-order chi connectivity index (χ0) is 24.0. The van der Waals surface area contributed by atoms with E-state index < -0.39 is 28.2 Å². The lowest BCUT2D eigenvalue weighted by molar-refractivity contribution is -0.141. The quantitative estimate of drug-likeness (QED) is 0.566. The minimum absolute atomic E-state index is 0.0126. The summed E-state index contributed by atoms with van der Waals surface area (Å²) >= 11 is 6.25. The summed E-state index contributed by atoms with van der Waals surface area (Å²) < 4.78 is 39.4. The number of benzene rings is 2. The summed E-state index contributed by atoms with van der Waals surface area (Å²) in [5.41, 5.74) is 2.23. The van der Waals surface area contributed by atoms with Crippen LogP contribution in [0.1, 0.15) is 35.6 Å². The average molecular weight is 493 g/mol. The molecular formula is C23H25ClN2O6S. The van der Waals surface area contributed by atoms with Crippen molar-refractivity contribution in [3.63, 3.8) is 0 Å². The number of nitrogens with zero attached hydrogens (tertiary/aromatic N) is 1. The molecule has 0 saturated carbocycles. The van der Waals surface area contributed by atoms with E-state index in [1.807, 2.05) is 37.3 Å². The third-order valence-electron chi connectivity index (χ3n) is 5.13. The van der Waals surface area contributed by atoms with Gasteiger partial charge < -0.3 is 9.47 Å². The summed E-state index contributed by atoms with van der Waals surface area (Å²) in [4.78, 5) is 24.4. The van der Waals surface area contributed by atoms with Crippen LogP contribution in [0.2, 0.25) is 5.02 Å². The first-order chi connectivity index (χ1) is 15.7. The molecule has 1 heterocycles. The van der Waals surface area contributed by atoms with Crippen LogP contribution < -0.4 is 4.72 Å². The van der Waals surface area contributed by atoms with Crippen molar-refractivity contribution in [1.82, 2.24) is 9.03 Å². The fourth-order valence-corrected chi connectivity index (χ4v) is 4.77. The highest BCUT2D eigenvalue weighted by atomic mass is 35.5. The van der Waals surface area contributed by atoms with Gasteiger partial charge in [0.25, 0.3) is 0 Å². The third-order valence-corrected chi connectivity index (χ3v) is 6.98. The molecule has 0 aliphatic carbocycles. The summed E-state index contributed by atoms with van der Waals surface area (Å²) in [5, 5.41) is 0.448. The first kappa shape index (κ1) is 24.8. The van der Waals surface area contributed by atoms with Crippen molar-refractivity contribution in [1.29, 1.82) is 0 Å². The number of rotatable bonds is 8. The van der Waals surface area contributed by atoms with Crippen molar-refractivity contribution in [2.75, 3.05) is 13.7 Å². The molecule has 10 heteroatoms. The molecule has 0 bridgehead atoms. The number of hydrogen-bond acceptors (Lipinski definition) is 6. The van der Waals surface area contributed by atoms with Crippen molar-refractivity contribution in [3.8, 4) is 0 Å². The number of aryl methyl sites for hydroxylation is 1. The maximum Gasteiger partial charge on any atom is 0.337 e. The summed E-state index contributed by atoms with van der Waals surface area (Å²) in [5.74, 6) is -1.11. The molecule has 0 amide bonds. The van der Waals surface area contributed by atoms with Crippen LogP contribution in [0.4, 0.5) is 0 Å². The monoisotopic (exact) mass is 492 g/mol. The molecule has 1 atom stereocenters. The smallest absolute Gasteiger partial charge is 0.337 e. The number of halogens is 1. The van der Waals surface area contributed by atoms with E-state index in [0.717, 1.165) is 15.4 Å².